The van der Waals surface area contributed by atoms with Gasteiger partial charge < -0.3 is 19.0 Å². The van der Waals surface area contributed by atoms with E-state index in [1.807, 2.05) is 42.5 Å². The Kier molecular flexibility index (Phi) is 7.36. The minimum Gasteiger partial charge on any atom is -0.459 e. The lowest BCUT2D eigenvalue weighted by Gasteiger charge is -2.33. The second kappa shape index (κ2) is 10.7. The van der Waals surface area contributed by atoms with Crippen LogP contribution in [0.25, 0.3) is 11.6 Å². The number of allylic oxidation sites excluding steroid dienone is 2. The molecule has 3 aliphatic rings. The Morgan fingerprint density at radius 3 is 2.55 bits per heavy atom. The molecule has 4 atom stereocenters. The van der Waals surface area contributed by atoms with Gasteiger partial charge in [0.2, 0.25) is 11.8 Å². The minimum absolute atomic E-state index is 0.158. The predicted molar refractivity (Wildman–Crippen MR) is 139 cm³/mol. The number of hydrogen-bond acceptors (Lipinski definition) is 7. The molecule has 3 heterocycles. The molecule has 1 N–H and O–H groups in total. The van der Waals surface area contributed by atoms with Crippen molar-refractivity contribution >= 4 is 29.6 Å². The van der Waals surface area contributed by atoms with Crippen molar-refractivity contribution in [3.63, 3.8) is 0 Å². The maximum absolute atomic E-state index is 13.2. The van der Waals surface area contributed by atoms with Crippen LogP contribution in [-0.4, -0.2) is 47.7 Å². The third-order valence-corrected chi connectivity index (χ3v) is 7.97. The van der Waals surface area contributed by atoms with E-state index in [1.165, 1.54) is 7.11 Å². The van der Waals surface area contributed by atoms with E-state index in [1.54, 1.807) is 6.07 Å². The Hall–Kier alpha value is -3.49. The summed E-state index contributed by atoms with van der Waals surface area (Å²) in [6.45, 7) is 4.38. The van der Waals surface area contributed by atoms with Gasteiger partial charge in [-0.3, -0.25) is 9.59 Å². The molecule has 2 fully saturated rings. The molecule has 1 aromatic heterocycles. The summed E-state index contributed by atoms with van der Waals surface area (Å²) in [5.74, 6) is -1.00. The molecule has 2 aromatic rings. The second-order valence-corrected chi connectivity index (χ2v) is 10.4. The molecule has 5 rings (SSSR count). The number of likely N-dealkylation sites (tertiary alicyclic amines) is 1. The van der Waals surface area contributed by atoms with E-state index in [4.69, 9.17) is 13.9 Å². The van der Waals surface area contributed by atoms with Crippen molar-refractivity contribution in [3.05, 3.63) is 70.7 Å². The third-order valence-electron chi connectivity index (χ3n) is 7.97. The molecule has 1 aromatic carbocycles. The molecule has 38 heavy (non-hydrogen) atoms. The number of hydrogen-bond donors (Lipinski definition) is 1. The molecule has 1 aliphatic carbocycles. The number of carbonyl (C=O) groups excluding carboxylic acids is 3. The van der Waals surface area contributed by atoms with Crippen molar-refractivity contribution in [1.82, 2.24) is 4.90 Å². The molecule has 2 aliphatic heterocycles. The van der Waals surface area contributed by atoms with Crippen LogP contribution in [0.3, 0.4) is 0 Å². The monoisotopic (exact) mass is 519 g/mol. The number of methoxy groups -OCH3 is 1. The van der Waals surface area contributed by atoms with Gasteiger partial charge in [0.05, 0.1) is 31.7 Å². The van der Waals surface area contributed by atoms with Crippen molar-refractivity contribution in [2.75, 3.05) is 13.7 Å². The van der Waals surface area contributed by atoms with Gasteiger partial charge in [0.15, 0.2) is 0 Å². The molecule has 2 saturated heterocycles. The fourth-order valence-corrected chi connectivity index (χ4v) is 6.20. The average molecular weight is 520 g/mol. The number of rotatable bonds is 7. The topological polar surface area (TPSA) is 106 Å². The van der Waals surface area contributed by atoms with E-state index in [2.05, 4.69) is 13.8 Å². The van der Waals surface area contributed by atoms with E-state index in [-0.39, 0.29) is 24.5 Å². The molecular formula is C30H33NO7. The number of aliphatic hydroxyl groups is 1. The fraction of sp³-hybridized carbons (Fsp3) is 0.433. The first-order chi connectivity index (χ1) is 18.3. The number of nitrogens with zero attached hydrogens (tertiary/aromatic N) is 1. The highest BCUT2D eigenvalue weighted by Crippen LogP contribution is 2.51. The van der Waals surface area contributed by atoms with Gasteiger partial charge in [-0.05, 0) is 60.1 Å². The van der Waals surface area contributed by atoms with E-state index in [9.17, 15) is 19.5 Å². The maximum atomic E-state index is 13.2. The third kappa shape index (κ3) is 4.63. The van der Waals surface area contributed by atoms with Crippen molar-refractivity contribution in [2.24, 2.45) is 23.7 Å². The number of imide groups is 3. The highest BCUT2D eigenvalue weighted by Gasteiger charge is 2.59. The molecule has 0 radical (unpaired) electrons. The van der Waals surface area contributed by atoms with E-state index >= 15 is 0 Å². The molecule has 8 nitrogen and oxygen atoms in total. The first-order valence-electron chi connectivity index (χ1n) is 13.1. The van der Waals surface area contributed by atoms with Crippen molar-refractivity contribution in [2.45, 2.75) is 45.8 Å². The molecule has 3 amide bonds. The van der Waals surface area contributed by atoms with E-state index in [0.717, 1.165) is 22.3 Å². The van der Waals surface area contributed by atoms with E-state index in [0.29, 0.717) is 42.3 Å². The number of ether oxygens (including phenoxy) is 2. The minimum atomic E-state index is -0.919. The van der Waals surface area contributed by atoms with Crippen molar-refractivity contribution in [1.29, 1.82) is 0 Å². The number of amides is 3. The van der Waals surface area contributed by atoms with Crippen LogP contribution in [0, 0.1) is 23.7 Å². The molecule has 0 saturated carbocycles. The lowest BCUT2D eigenvalue weighted by molar-refractivity contribution is -0.137. The zero-order valence-electron chi connectivity index (χ0n) is 21.9. The van der Waals surface area contributed by atoms with Gasteiger partial charge in [-0.2, -0.15) is 4.90 Å². The fourth-order valence-electron chi connectivity index (χ4n) is 6.20. The Bertz CT molecular complexity index is 1290. The van der Waals surface area contributed by atoms with Crippen LogP contribution in [0.5, 0.6) is 0 Å². The number of carbonyl (C=O) groups is 3. The maximum Gasteiger partial charge on any atom is 0.423 e. The molecule has 8 heteroatoms. The van der Waals surface area contributed by atoms with Crippen LogP contribution < -0.4 is 0 Å². The summed E-state index contributed by atoms with van der Waals surface area (Å²) in [6.07, 6.45) is 2.71. The van der Waals surface area contributed by atoms with Gasteiger partial charge in [0.1, 0.15) is 18.1 Å². The molecule has 0 unspecified atom stereocenters. The molecular weight excluding hydrogens is 486 g/mol. The van der Waals surface area contributed by atoms with Gasteiger partial charge >= 0.3 is 6.09 Å². The van der Waals surface area contributed by atoms with Crippen LogP contribution in [0.2, 0.25) is 0 Å². The summed E-state index contributed by atoms with van der Waals surface area (Å²) in [4.78, 5) is 39.2. The number of aliphatic hydroxyl groups excluding tert-OH is 1. The Morgan fingerprint density at radius 2 is 1.89 bits per heavy atom. The standard InChI is InChI=1S/C30H33NO7/c1-17(2)22-14-23-27(29(34)31(28(23)33)30(35)36-3)24-16-37-25(26(22)24)12-9-19(18-7-5-4-6-8-18)13-20-10-11-21(15-32)38-20/h4-8,10-11,13,17,23-25,27,32H,9,12,14-16H2,1-3H3/b19-13-/t23-,24+,25-,27-/m1/s1. The summed E-state index contributed by atoms with van der Waals surface area (Å²) in [6, 6.07) is 13.6. The average Bonchev–Trinajstić information content (AvgIpc) is 3.62. The van der Waals surface area contributed by atoms with Gasteiger partial charge in [0.25, 0.3) is 0 Å². The number of benzene rings is 1. The summed E-state index contributed by atoms with van der Waals surface area (Å²) in [5, 5.41) is 9.38. The molecule has 0 bridgehead atoms. The zero-order chi connectivity index (χ0) is 27.0. The first-order valence-corrected chi connectivity index (χ1v) is 13.1. The van der Waals surface area contributed by atoms with Crippen LogP contribution in [-0.2, 0) is 25.7 Å². The summed E-state index contributed by atoms with van der Waals surface area (Å²) >= 11 is 0. The highest BCUT2D eigenvalue weighted by atomic mass is 16.5. The number of fused-ring (bicyclic) bond motifs is 3. The summed E-state index contributed by atoms with van der Waals surface area (Å²) < 4.78 is 16.8. The number of furan rings is 1. The van der Waals surface area contributed by atoms with Crippen molar-refractivity contribution in [3.8, 4) is 0 Å². The Morgan fingerprint density at radius 1 is 1.13 bits per heavy atom. The van der Waals surface area contributed by atoms with Crippen molar-refractivity contribution < 1.29 is 33.4 Å². The van der Waals surface area contributed by atoms with Crippen LogP contribution in [0.1, 0.15) is 50.2 Å². The van der Waals surface area contributed by atoms with Crippen LogP contribution in [0.15, 0.2) is 58.0 Å². The zero-order valence-corrected chi connectivity index (χ0v) is 21.9. The van der Waals surface area contributed by atoms with Gasteiger partial charge in [-0.1, -0.05) is 49.8 Å². The first kappa shape index (κ1) is 26.1. The Labute approximate surface area is 221 Å². The lowest BCUT2D eigenvalue weighted by Crippen LogP contribution is -2.38. The van der Waals surface area contributed by atoms with Gasteiger partial charge in [-0.25, -0.2) is 4.79 Å². The second-order valence-electron chi connectivity index (χ2n) is 10.4. The quantitative estimate of drug-likeness (QED) is 0.412. The largest absolute Gasteiger partial charge is 0.459 e. The smallest absolute Gasteiger partial charge is 0.423 e. The highest BCUT2D eigenvalue weighted by molar-refractivity contribution is 6.16. The van der Waals surface area contributed by atoms with Crippen LogP contribution in [0.4, 0.5) is 4.79 Å². The Balaban J connectivity index is 1.43. The summed E-state index contributed by atoms with van der Waals surface area (Å²) in [7, 11) is 1.17. The normalized spacial score (nSPS) is 25.3. The van der Waals surface area contributed by atoms with Gasteiger partial charge in [-0.15, -0.1) is 0 Å². The van der Waals surface area contributed by atoms with Gasteiger partial charge in [0, 0.05) is 5.92 Å². The van der Waals surface area contributed by atoms with Crippen LogP contribution >= 0.6 is 0 Å². The molecule has 200 valence electrons. The SMILES string of the molecule is COC(=O)N1C(=O)[C@@H]2[C@@H](CC(C(C)C)=C3[C@@H](CC/C(=C/c4ccc(CO)o4)c4ccccc4)OC[C@@H]32)C1=O. The predicted octanol–water partition coefficient (Wildman–Crippen LogP) is 4.83. The molecule has 0 spiro atoms. The lowest BCUT2D eigenvalue weighted by atomic mass is 9.67. The van der Waals surface area contributed by atoms with E-state index < -0.39 is 29.7 Å². The summed E-state index contributed by atoms with van der Waals surface area (Å²) in [5.41, 5.74) is 4.40.